The fraction of sp³-hybridized carbons (Fsp3) is 0.533. The molecule has 2 unspecified atom stereocenters. The van der Waals surface area contributed by atoms with Crippen molar-refractivity contribution in [1.29, 1.82) is 0 Å². The van der Waals surface area contributed by atoms with E-state index in [1.54, 1.807) is 0 Å². The molecule has 1 heterocycles. The van der Waals surface area contributed by atoms with Gasteiger partial charge in [-0.3, -0.25) is 4.79 Å². The number of benzene rings is 1. The lowest BCUT2D eigenvalue weighted by molar-refractivity contribution is -0.139. The zero-order valence-electron chi connectivity index (χ0n) is 10.8. The fourth-order valence-corrected chi connectivity index (χ4v) is 3.37. The predicted molar refractivity (Wildman–Crippen MR) is 73.9 cm³/mol. The monoisotopic (exact) mass is 279 g/mol. The Morgan fingerprint density at radius 2 is 2.16 bits per heavy atom. The van der Waals surface area contributed by atoms with Crippen LogP contribution in [0.15, 0.2) is 18.2 Å². The average molecular weight is 280 g/mol. The Kier molecular flexibility index (Phi) is 3.50. The zero-order valence-corrected chi connectivity index (χ0v) is 11.6. The van der Waals surface area contributed by atoms with Gasteiger partial charge >= 0.3 is 0 Å². The molecule has 2 atom stereocenters. The molecular formula is C15H18ClNO2. The van der Waals surface area contributed by atoms with Gasteiger partial charge in [-0.1, -0.05) is 17.7 Å². The maximum absolute atomic E-state index is 12.4. The van der Waals surface area contributed by atoms with Crippen LogP contribution in [0.2, 0.25) is 5.02 Å². The molecule has 1 saturated carbocycles. The largest absolute Gasteiger partial charge is 0.392 e. The molecule has 102 valence electrons. The van der Waals surface area contributed by atoms with Crippen molar-refractivity contribution < 1.29 is 9.90 Å². The molecule has 4 heteroatoms. The van der Waals surface area contributed by atoms with Crippen LogP contribution in [-0.4, -0.2) is 28.6 Å². The third-order valence-corrected chi connectivity index (χ3v) is 4.52. The second kappa shape index (κ2) is 5.14. The van der Waals surface area contributed by atoms with Gasteiger partial charge in [-0.2, -0.15) is 0 Å². The van der Waals surface area contributed by atoms with Gasteiger partial charge in [0, 0.05) is 18.1 Å². The molecule has 0 aromatic heterocycles. The number of carbonyl (C=O) groups is 1. The Hall–Kier alpha value is -1.06. The van der Waals surface area contributed by atoms with E-state index in [4.69, 9.17) is 11.6 Å². The molecule has 0 spiro atoms. The fourth-order valence-electron chi connectivity index (χ4n) is 3.18. The van der Waals surface area contributed by atoms with E-state index < -0.39 is 6.10 Å². The van der Waals surface area contributed by atoms with E-state index in [-0.39, 0.29) is 11.8 Å². The van der Waals surface area contributed by atoms with Gasteiger partial charge in [0.15, 0.2) is 0 Å². The van der Waals surface area contributed by atoms with Gasteiger partial charge in [-0.25, -0.2) is 0 Å². The van der Waals surface area contributed by atoms with Crippen LogP contribution >= 0.6 is 11.6 Å². The highest BCUT2D eigenvalue weighted by molar-refractivity contribution is 6.30. The van der Waals surface area contributed by atoms with E-state index in [0.29, 0.717) is 11.6 Å². The Balaban J connectivity index is 1.76. The normalized spacial score (nSPS) is 26.3. The van der Waals surface area contributed by atoms with Gasteiger partial charge in [0.2, 0.25) is 5.91 Å². The summed E-state index contributed by atoms with van der Waals surface area (Å²) in [6.45, 7) is 1.37. The summed E-state index contributed by atoms with van der Waals surface area (Å²) in [7, 11) is 0. The van der Waals surface area contributed by atoms with Crippen molar-refractivity contribution in [3.8, 4) is 0 Å². The summed E-state index contributed by atoms with van der Waals surface area (Å²) < 4.78 is 0. The molecule has 19 heavy (non-hydrogen) atoms. The molecule has 0 bridgehead atoms. The highest BCUT2D eigenvalue weighted by Gasteiger charge is 2.35. The Morgan fingerprint density at radius 3 is 2.89 bits per heavy atom. The van der Waals surface area contributed by atoms with Crippen LogP contribution in [0.1, 0.15) is 30.4 Å². The lowest BCUT2D eigenvalue weighted by atomic mass is 9.97. The van der Waals surface area contributed by atoms with E-state index in [0.717, 1.165) is 37.8 Å². The number of amides is 1. The SMILES string of the molecule is O=C(C1CCCC1O)N1CCc2ccc(Cl)cc2C1. The van der Waals surface area contributed by atoms with Crippen LogP contribution in [0, 0.1) is 5.92 Å². The topological polar surface area (TPSA) is 40.5 Å². The Morgan fingerprint density at radius 1 is 1.32 bits per heavy atom. The first-order chi connectivity index (χ1) is 9.15. The maximum Gasteiger partial charge on any atom is 0.228 e. The highest BCUT2D eigenvalue weighted by atomic mass is 35.5. The lowest BCUT2D eigenvalue weighted by Crippen LogP contribution is -2.41. The standard InChI is InChI=1S/C15H18ClNO2/c16-12-5-4-10-6-7-17(9-11(10)8-12)15(19)13-2-1-3-14(13)18/h4-5,8,13-14,18H,1-3,6-7,9H2. The number of aliphatic hydroxyl groups is 1. The number of halogens is 1. The molecule has 1 N–H and O–H groups in total. The highest BCUT2D eigenvalue weighted by Crippen LogP contribution is 2.30. The summed E-state index contributed by atoms with van der Waals surface area (Å²) in [6.07, 6.45) is 2.95. The molecule has 0 radical (unpaired) electrons. The second-order valence-electron chi connectivity index (χ2n) is 5.53. The molecular weight excluding hydrogens is 262 g/mol. The molecule has 1 aromatic carbocycles. The summed E-state index contributed by atoms with van der Waals surface area (Å²) in [5.41, 5.74) is 2.42. The number of hydrogen-bond acceptors (Lipinski definition) is 2. The molecule has 1 fully saturated rings. The van der Waals surface area contributed by atoms with E-state index in [1.807, 2.05) is 23.1 Å². The van der Waals surface area contributed by atoms with Crippen molar-refractivity contribution in [3.63, 3.8) is 0 Å². The van der Waals surface area contributed by atoms with Gasteiger partial charge < -0.3 is 10.0 Å². The second-order valence-corrected chi connectivity index (χ2v) is 5.96. The summed E-state index contributed by atoms with van der Waals surface area (Å²) in [5, 5.41) is 10.6. The summed E-state index contributed by atoms with van der Waals surface area (Å²) in [6, 6.07) is 5.89. The minimum Gasteiger partial charge on any atom is -0.392 e. The van der Waals surface area contributed by atoms with E-state index in [1.165, 1.54) is 5.56 Å². The number of carbonyl (C=O) groups excluding carboxylic acids is 1. The van der Waals surface area contributed by atoms with Crippen LogP contribution in [0.5, 0.6) is 0 Å². The van der Waals surface area contributed by atoms with Gasteiger partial charge in [-0.15, -0.1) is 0 Å². The molecule has 3 nitrogen and oxygen atoms in total. The van der Waals surface area contributed by atoms with E-state index in [2.05, 4.69) is 0 Å². The molecule has 2 aliphatic rings. The van der Waals surface area contributed by atoms with Crippen LogP contribution in [0.3, 0.4) is 0 Å². The van der Waals surface area contributed by atoms with Gasteiger partial charge in [0.1, 0.15) is 0 Å². The molecule has 3 rings (SSSR count). The minimum absolute atomic E-state index is 0.107. The minimum atomic E-state index is -0.451. The van der Waals surface area contributed by atoms with Crippen molar-refractivity contribution in [1.82, 2.24) is 4.90 Å². The number of fused-ring (bicyclic) bond motifs is 1. The van der Waals surface area contributed by atoms with Crippen LogP contribution < -0.4 is 0 Å². The van der Waals surface area contributed by atoms with Crippen molar-refractivity contribution in [2.24, 2.45) is 5.92 Å². The van der Waals surface area contributed by atoms with Crippen molar-refractivity contribution in [3.05, 3.63) is 34.3 Å². The van der Waals surface area contributed by atoms with Gasteiger partial charge in [0.25, 0.3) is 0 Å². The first kappa shape index (κ1) is 12.9. The zero-order chi connectivity index (χ0) is 13.4. The summed E-state index contributed by atoms with van der Waals surface area (Å²) in [4.78, 5) is 14.3. The van der Waals surface area contributed by atoms with Crippen LogP contribution in [-0.2, 0) is 17.8 Å². The third kappa shape index (κ3) is 2.49. The molecule has 1 aromatic rings. The first-order valence-electron chi connectivity index (χ1n) is 6.89. The quantitative estimate of drug-likeness (QED) is 0.857. The Labute approximate surface area is 118 Å². The number of rotatable bonds is 1. The number of aliphatic hydroxyl groups excluding tert-OH is 1. The van der Waals surface area contributed by atoms with E-state index in [9.17, 15) is 9.90 Å². The molecule has 1 aliphatic heterocycles. The molecule has 1 aliphatic carbocycles. The van der Waals surface area contributed by atoms with Crippen molar-refractivity contribution in [2.75, 3.05) is 6.54 Å². The average Bonchev–Trinajstić information content (AvgIpc) is 2.83. The number of hydrogen-bond donors (Lipinski definition) is 1. The molecule has 1 amide bonds. The summed E-state index contributed by atoms with van der Waals surface area (Å²) in [5.74, 6) is -0.0867. The van der Waals surface area contributed by atoms with E-state index >= 15 is 0 Å². The Bertz CT molecular complexity index is 503. The predicted octanol–water partition coefficient (Wildman–Crippen LogP) is 2.39. The lowest BCUT2D eigenvalue weighted by Gasteiger charge is -2.31. The first-order valence-corrected chi connectivity index (χ1v) is 7.27. The van der Waals surface area contributed by atoms with Crippen LogP contribution in [0.25, 0.3) is 0 Å². The van der Waals surface area contributed by atoms with Gasteiger partial charge in [0.05, 0.1) is 12.0 Å². The smallest absolute Gasteiger partial charge is 0.228 e. The van der Waals surface area contributed by atoms with Crippen molar-refractivity contribution in [2.45, 2.75) is 38.3 Å². The molecule has 0 saturated heterocycles. The third-order valence-electron chi connectivity index (χ3n) is 4.29. The van der Waals surface area contributed by atoms with Crippen LogP contribution in [0.4, 0.5) is 0 Å². The number of nitrogens with zero attached hydrogens (tertiary/aromatic N) is 1. The van der Waals surface area contributed by atoms with Crippen molar-refractivity contribution >= 4 is 17.5 Å². The maximum atomic E-state index is 12.4. The van der Waals surface area contributed by atoms with Gasteiger partial charge in [-0.05, 0) is 48.9 Å². The summed E-state index contributed by atoms with van der Waals surface area (Å²) >= 11 is 6.01.